The van der Waals surface area contributed by atoms with Crippen molar-refractivity contribution >= 4 is 17.6 Å². The minimum Gasteiger partial charge on any atom is -0.456 e. The molecule has 3 rings (SSSR count). The van der Waals surface area contributed by atoms with E-state index in [1.54, 1.807) is 25.1 Å². The zero-order valence-electron chi connectivity index (χ0n) is 15.6. The molecule has 0 aliphatic heterocycles. The van der Waals surface area contributed by atoms with Crippen LogP contribution < -0.4 is 5.32 Å². The molecule has 0 saturated heterocycles. The summed E-state index contributed by atoms with van der Waals surface area (Å²) in [5.74, 6) is -1.19. The standard InChI is InChI=1S/C21H18F2N2O4/c1-13-2-7-16(10-17(13)23)25-19(26)12-28-21(27)9-8-20-24-11-18(29-20)14-3-5-15(22)6-4-14/h2-7,10-11H,8-9,12H2,1H3,(H,25,26). The summed E-state index contributed by atoms with van der Waals surface area (Å²) in [6.07, 6.45) is 1.64. The lowest BCUT2D eigenvalue weighted by Crippen LogP contribution is -2.21. The molecule has 2 aromatic carbocycles. The molecule has 1 N–H and O–H groups in total. The second-order valence-corrected chi connectivity index (χ2v) is 6.30. The fourth-order valence-electron chi connectivity index (χ4n) is 2.47. The number of anilines is 1. The number of ether oxygens (including phenoxy) is 1. The zero-order valence-corrected chi connectivity index (χ0v) is 15.6. The Balaban J connectivity index is 1.43. The normalized spacial score (nSPS) is 10.6. The van der Waals surface area contributed by atoms with Gasteiger partial charge in [0.25, 0.3) is 5.91 Å². The van der Waals surface area contributed by atoms with Crippen LogP contribution in [0.25, 0.3) is 11.3 Å². The Hall–Kier alpha value is -3.55. The molecule has 0 aliphatic carbocycles. The number of aryl methyl sites for hydroxylation is 2. The third-order valence-corrected chi connectivity index (χ3v) is 4.05. The predicted octanol–water partition coefficient (Wildman–Crippen LogP) is 4.04. The summed E-state index contributed by atoms with van der Waals surface area (Å²) in [4.78, 5) is 27.7. The number of oxazole rings is 1. The van der Waals surface area contributed by atoms with Gasteiger partial charge in [-0.2, -0.15) is 0 Å². The van der Waals surface area contributed by atoms with Crippen molar-refractivity contribution in [2.45, 2.75) is 19.8 Å². The third kappa shape index (κ3) is 5.71. The van der Waals surface area contributed by atoms with Gasteiger partial charge in [-0.15, -0.1) is 0 Å². The maximum atomic E-state index is 13.5. The number of carbonyl (C=O) groups is 2. The summed E-state index contributed by atoms with van der Waals surface area (Å²) < 4.78 is 36.9. The SMILES string of the molecule is Cc1ccc(NC(=O)COC(=O)CCc2ncc(-c3ccc(F)cc3)o2)cc1F. The van der Waals surface area contributed by atoms with E-state index in [-0.39, 0.29) is 24.3 Å². The van der Waals surface area contributed by atoms with E-state index >= 15 is 0 Å². The number of carbonyl (C=O) groups excluding carboxylic acids is 2. The van der Waals surface area contributed by atoms with Crippen molar-refractivity contribution in [3.8, 4) is 11.3 Å². The van der Waals surface area contributed by atoms with Gasteiger partial charge in [0.1, 0.15) is 11.6 Å². The molecule has 150 valence electrons. The van der Waals surface area contributed by atoms with Crippen molar-refractivity contribution < 1.29 is 27.5 Å². The molecule has 1 amide bonds. The molecule has 0 spiro atoms. The van der Waals surface area contributed by atoms with Crippen LogP contribution in [0, 0.1) is 18.6 Å². The molecule has 6 nitrogen and oxygen atoms in total. The summed E-state index contributed by atoms with van der Waals surface area (Å²) in [6.45, 7) is 1.12. The average molecular weight is 400 g/mol. The Morgan fingerprint density at radius 2 is 1.90 bits per heavy atom. The lowest BCUT2D eigenvalue weighted by Gasteiger charge is -2.07. The fourth-order valence-corrected chi connectivity index (χ4v) is 2.47. The van der Waals surface area contributed by atoms with Gasteiger partial charge in [-0.25, -0.2) is 13.8 Å². The Morgan fingerprint density at radius 3 is 2.62 bits per heavy atom. The highest BCUT2D eigenvalue weighted by molar-refractivity contribution is 5.92. The number of amides is 1. The van der Waals surface area contributed by atoms with E-state index in [2.05, 4.69) is 10.3 Å². The average Bonchev–Trinajstić information content (AvgIpc) is 3.17. The largest absolute Gasteiger partial charge is 0.456 e. The van der Waals surface area contributed by atoms with Crippen LogP contribution >= 0.6 is 0 Å². The first-order valence-electron chi connectivity index (χ1n) is 8.83. The number of rotatable bonds is 7. The second kappa shape index (κ2) is 9.09. The number of nitrogens with one attached hydrogen (secondary N) is 1. The summed E-state index contributed by atoms with van der Waals surface area (Å²) >= 11 is 0. The zero-order chi connectivity index (χ0) is 20.8. The molecular weight excluding hydrogens is 382 g/mol. The Kier molecular flexibility index (Phi) is 6.33. The van der Waals surface area contributed by atoms with Gasteiger partial charge in [0, 0.05) is 17.7 Å². The molecule has 29 heavy (non-hydrogen) atoms. The molecule has 0 saturated carbocycles. The van der Waals surface area contributed by atoms with E-state index in [0.29, 0.717) is 22.8 Å². The maximum absolute atomic E-state index is 13.5. The monoisotopic (exact) mass is 400 g/mol. The van der Waals surface area contributed by atoms with E-state index in [9.17, 15) is 18.4 Å². The van der Waals surface area contributed by atoms with E-state index < -0.39 is 24.3 Å². The molecule has 0 unspecified atom stereocenters. The van der Waals surface area contributed by atoms with Crippen LogP contribution in [0.1, 0.15) is 17.9 Å². The quantitative estimate of drug-likeness (QED) is 0.606. The summed E-state index contributed by atoms with van der Waals surface area (Å²) in [6, 6.07) is 10.0. The van der Waals surface area contributed by atoms with Gasteiger partial charge in [0.15, 0.2) is 18.3 Å². The topological polar surface area (TPSA) is 81.4 Å². The highest BCUT2D eigenvalue weighted by atomic mass is 19.1. The van der Waals surface area contributed by atoms with Crippen molar-refractivity contribution in [2.24, 2.45) is 0 Å². The summed E-state index contributed by atoms with van der Waals surface area (Å²) in [7, 11) is 0. The summed E-state index contributed by atoms with van der Waals surface area (Å²) in [5.41, 5.74) is 1.41. The van der Waals surface area contributed by atoms with Crippen LogP contribution in [0.15, 0.2) is 53.1 Å². The van der Waals surface area contributed by atoms with Crippen LogP contribution in [0.3, 0.4) is 0 Å². The molecule has 3 aromatic rings. The number of benzene rings is 2. The minimum atomic E-state index is -0.600. The van der Waals surface area contributed by atoms with Crippen molar-refractivity contribution in [1.82, 2.24) is 4.98 Å². The molecule has 0 fully saturated rings. The highest BCUT2D eigenvalue weighted by Crippen LogP contribution is 2.21. The fraction of sp³-hybridized carbons (Fsp3) is 0.190. The Bertz CT molecular complexity index is 1020. The second-order valence-electron chi connectivity index (χ2n) is 6.30. The van der Waals surface area contributed by atoms with Crippen LogP contribution in [0.5, 0.6) is 0 Å². The number of aromatic nitrogens is 1. The first-order chi connectivity index (χ1) is 13.9. The van der Waals surface area contributed by atoms with E-state index in [1.807, 2.05) is 0 Å². The maximum Gasteiger partial charge on any atom is 0.306 e. The smallest absolute Gasteiger partial charge is 0.306 e. The minimum absolute atomic E-state index is 0.0319. The third-order valence-electron chi connectivity index (χ3n) is 4.05. The van der Waals surface area contributed by atoms with Crippen molar-refractivity contribution in [1.29, 1.82) is 0 Å². The van der Waals surface area contributed by atoms with Gasteiger partial charge >= 0.3 is 5.97 Å². The van der Waals surface area contributed by atoms with Crippen molar-refractivity contribution in [3.05, 3.63) is 71.8 Å². The first-order valence-corrected chi connectivity index (χ1v) is 8.83. The Morgan fingerprint density at radius 1 is 1.14 bits per heavy atom. The van der Waals surface area contributed by atoms with Crippen LogP contribution in [0.4, 0.5) is 14.5 Å². The molecule has 0 radical (unpaired) electrons. The van der Waals surface area contributed by atoms with Gasteiger partial charge in [-0.3, -0.25) is 9.59 Å². The molecule has 0 bridgehead atoms. The van der Waals surface area contributed by atoms with Gasteiger partial charge in [-0.05, 0) is 48.9 Å². The molecule has 0 aliphatic rings. The highest BCUT2D eigenvalue weighted by Gasteiger charge is 2.12. The van der Waals surface area contributed by atoms with Crippen LogP contribution in [-0.4, -0.2) is 23.5 Å². The molecule has 1 aromatic heterocycles. The van der Waals surface area contributed by atoms with E-state index in [1.165, 1.54) is 30.5 Å². The number of hydrogen-bond donors (Lipinski definition) is 1. The van der Waals surface area contributed by atoms with E-state index in [0.717, 1.165) is 0 Å². The van der Waals surface area contributed by atoms with Gasteiger partial charge in [0.05, 0.1) is 12.6 Å². The number of hydrogen-bond acceptors (Lipinski definition) is 5. The van der Waals surface area contributed by atoms with Crippen LogP contribution in [0.2, 0.25) is 0 Å². The van der Waals surface area contributed by atoms with Crippen molar-refractivity contribution in [3.63, 3.8) is 0 Å². The van der Waals surface area contributed by atoms with Gasteiger partial charge in [-0.1, -0.05) is 6.07 Å². The number of halogens is 2. The van der Waals surface area contributed by atoms with Gasteiger partial charge < -0.3 is 14.5 Å². The summed E-state index contributed by atoms with van der Waals surface area (Å²) in [5, 5.41) is 2.45. The van der Waals surface area contributed by atoms with E-state index in [4.69, 9.17) is 9.15 Å². The molecule has 8 heteroatoms. The lowest BCUT2D eigenvalue weighted by molar-refractivity contribution is -0.147. The van der Waals surface area contributed by atoms with Crippen LogP contribution in [-0.2, 0) is 20.7 Å². The van der Waals surface area contributed by atoms with Crippen molar-refractivity contribution in [2.75, 3.05) is 11.9 Å². The molecule has 0 atom stereocenters. The predicted molar refractivity (Wildman–Crippen MR) is 101 cm³/mol. The number of esters is 1. The van der Waals surface area contributed by atoms with Gasteiger partial charge in [0.2, 0.25) is 0 Å². The molecule has 1 heterocycles. The lowest BCUT2D eigenvalue weighted by atomic mass is 10.2. The first kappa shape index (κ1) is 20.2. The molecular formula is C21H18F2N2O4. The Labute approximate surface area is 165 Å². The number of nitrogens with zero attached hydrogens (tertiary/aromatic N) is 1.